The molecule has 31 heavy (non-hydrogen) atoms. The number of hydrazone groups is 1. The normalized spacial score (nSPS) is 11.3. The summed E-state index contributed by atoms with van der Waals surface area (Å²) in [6, 6.07) is 6.55. The molecule has 0 radical (unpaired) electrons. The van der Waals surface area contributed by atoms with E-state index in [9.17, 15) is 9.90 Å². The Morgan fingerprint density at radius 3 is 2.90 bits per heavy atom. The molecule has 4 rings (SSSR count). The van der Waals surface area contributed by atoms with Crippen molar-refractivity contribution in [3.8, 4) is 11.6 Å². The first-order chi connectivity index (χ1) is 15.0. The van der Waals surface area contributed by atoms with Crippen molar-refractivity contribution >= 4 is 29.7 Å². The number of anilines is 1. The standard InChI is InChI=1S/C16H15N11O3S/c1-26-8-19-22-16(26)31-7-10-12(20-25-27(10)14-13(17)23-30-24-14)15(29)21-18-6-9-4-2-3-5-11(9)28/h2-6,8,28H,7H2,1H3,(H2,17,23)(H,21,29). The first-order valence-corrected chi connectivity index (χ1v) is 9.64. The number of hydrogen-bond acceptors (Lipinski definition) is 12. The van der Waals surface area contributed by atoms with Crippen LogP contribution in [-0.4, -0.2) is 57.3 Å². The Hall–Kier alpha value is -4.27. The minimum Gasteiger partial charge on any atom is -0.507 e. The fraction of sp³-hybridized carbons (Fsp3) is 0.125. The second-order valence-electron chi connectivity index (χ2n) is 6.04. The number of aryl methyl sites for hydroxylation is 1. The Kier molecular flexibility index (Phi) is 5.57. The molecule has 0 saturated heterocycles. The van der Waals surface area contributed by atoms with E-state index < -0.39 is 5.91 Å². The lowest BCUT2D eigenvalue weighted by Crippen LogP contribution is -2.20. The van der Waals surface area contributed by atoms with Gasteiger partial charge in [-0.1, -0.05) is 29.1 Å². The van der Waals surface area contributed by atoms with Crippen molar-refractivity contribution in [1.82, 2.24) is 45.5 Å². The van der Waals surface area contributed by atoms with E-state index in [4.69, 9.17) is 5.73 Å². The summed E-state index contributed by atoms with van der Waals surface area (Å²) in [4.78, 5) is 12.7. The number of phenols is 1. The van der Waals surface area contributed by atoms with E-state index in [1.165, 1.54) is 28.7 Å². The van der Waals surface area contributed by atoms with Gasteiger partial charge in [0.05, 0.1) is 11.9 Å². The number of nitrogens with two attached hydrogens (primary N) is 1. The van der Waals surface area contributed by atoms with Gasteiger partial charge < -0.3 is 15.4 Å². The molecule has 0 aliphatic rings. The van der Waals surface area contributed by atoms with Gasteiger partial charge in [-0.05, 0) is 22.4 Å². The lowest BCUT2D eigenvalue weighted by Gasteiger charge is -2.05. The van der Waals surface area contributed by atoms with Crippen LogP contribution >= 0.6 is 11.8 Å². The third-order valence-electron chi connectivity index (χ3n) is 3.99. The molecule has 0 atom stereocenters. The van der Waals surface area contributed by atoms with Crippen molar-refractivity contribution in [2.75, 3.05) is 5.73 Å². The number of aromatic nitrogens is 8. The van der Waals surface area contributed by atoms with Gasteiger partial charge in [-0.2, -0.15) is 9.78 Å². The van der Waals surface area contributed by atoms with Crippen molar-refractivity contribution in [3.63, 3.8) is 0 Å². The number of rotatable bonds is 7. The zero-order chi connectivity index (χ0) is 21.8. The predicted molar refractivity (Wildman–Crippen MR) is 107 cm³/mol. The van der Waals surface area contributed by atoms with Gasteiger partial charge >= 0.3 is 0 Å². The highest BCUT2D eigenvalue weighted by atomic mass is 32.2. The topological polar surface area (TPSA) is 188 Å². The van der Waals surface area contributed by atoms with Crippen LogP contribution in [-0.2, 0) is 12.8 Å². The first-order valence-electron chi connectivity index (χ1n) is 8.65. The van der Waals surface area contributed by atoms with Crippen molar-refractivity contribution < 1.29 is 14.5 Å². The lowest BCUT2D eigenvalue weighted by molar-refractivity contribution is 0.0949. The highest BCUT2D eigenvalue weighted by Crippen LogP contribution is 2.24. The second-order valence-corrected chi connectivity index (χ2v) is 6.98. The monoisotopic (exact) mass is 441 g/mol. The van der Waals surface area contributed by atoms with Crippen molar-refractivity contribution in [3.05, 3.63) is 47.5 Å². The molecular weight excluding hydrogens is 426 g/mol. The highest BCUT2D eigenvalue weighted by molar-refractivity contribution is 7.98. The van der Waals surface area contributed by atoms with Crippen LogP contribution in [0.3, 0.4) is 0 Å². The maximum atomic E-state index is 12.7. The molecule has 3 aromatic heterocycles. The largest absolute Gasteiger partial charge is 0.507 e. The van der Waals surface area contributed by atoms with Gasteiger partial charge in [-0.3, -0.25) is 4.79 Å². The van der Waals surface area contributed by atoms with E-state index in [1.54, 1.807) is 36.1 Å². The summed E-state index contributed by atoms with van der Waals surface area (Å²) in [5.74, 6) is -0.280. The number of para-hydroxylation sites is 1. The van der Waals surface area contributed by atoms with Crippen LogP contribution in [0.4, 0.5) is 5.82 Å². The summed E-state index contributed by atoms with van der Waals surface area (Å²) in [6.07, 6.45) is 2.87. The van der Waals surface area contributed by atoms with Crippen molar-refractivity contribution in [2.24, 2.45) is 12.1 Å². The van der Waals surface area contributed by atoms with Crippen molar-refractivity contribution in [1.29, 1.82) is 0 Å². The summed E-state index contributed by atoms with van der Waals surface area (Å²) >= 11 is 1.30. The number of carbonyl (C=O) groups is 1. The number of nitrogens with one attached hydrogen (secondary N) is 1. The Bertz CT molecular complexity index is 1250. The number of aromatic hydroxyl groups is 1. The highest BCUT2D eigenvalue weighted by Gasteiger charge is 2.24. The van der Waals surface area contributed by atoms with Crippen LogP contribution in [0.5, 0.6) is 5.75 Å². The number of carbonyl (C=O) groups excluding carboxylic acids is 1. The molecule has 4 N–H and O–H groups in total. The van der Waals surface area contributed by atoms with Gasteiger partial charge in [0, 0.05) is 18.4 Å². The molecule has 15 heteroatoms. The zero-order valence-electron chi connectivity index (χ0n) is 15.9. The summed E-state index contributed by atoms with van der Waals surface area (Å²) in [7, 11) is 1.79. The maximum absolute atomic E-state index is 12.7. The molecular formula is C16H15N11O3S. The Morgan fingerprint density at radius 1 is 1.35 bits per heavy atom. The predicted octanol–water partition coefficient (Wildman–Crippen LogP) is 0.123. The minimum absolute atomic E-state index is 0.00787. The summed E-state index contributed by atoms with van der Waals surface area (Å²) < 4.78 is 7.61. The number of hydrogen-bond donors (Lipinski definition) is 3. The zero-order valence-corrected chi connectivity index (χ0v) is 16.8. The third-order valence-corrected chi connectivity index (χ3v) is 5.03. The van der Waals surface area contributed by atoms with Gasteiger partial charge in [0.15, 0.2) is 10.9 Å². The van der Waals surface area contributed by atoms with E-state index in [2.05, 4.69) is 46.0 Å². The molecule has 0 bridgehead atoms. The Balaban J connectivity index is 1.59. The van der Waals surface area contributed by atoms with E-state index in [1.807, 2.05) is 0 Å². The summed E-state index contributed by atoms with van der Waals surface area (Å²) in [5, 5.41) is 37.2. The molecule has 0 fully saturated rings. The molecule has 0 aliphatic carbocycles. The average molecular weight is 441 g/mol. The summed E-state index contributed by atoms with van der Waals surface area (Å²) in [5.41, 5.74) is 8.92. The molecule has 0 saturated carbocycles. The van der Waals surface area contributed by atoms with Crippen LogP contribution in [0.1, 0.15) is 21.7 Å². The summed E-state index contributed by atoms with van der Waals surface area (Å²) in [6.45, 7) is 0. The molecule has 14 nitrogen and oxygen atoms in total. The third kappa shape index (κ3) is 4.20. The van der Waals surface area contributed by atoms with Crippen LogP contribution in [0.25, 0.3) is 5.82 Å². The van der Waals surface area contributed by atoms with Gasteiger partial charge in [0.2, 0.25) is 11.6 Å². The van der Waals surface area contributed by atoms with E-state index in [0.717, 1.165) is 0 Å². The van der Waals surface area contributed by atoms with Gasteiger partial charge in [-0.15, -0.1) is 15.3 Å². The van der Waals surface area contributed by atoms with Crippen LogP contribution in [0, 0.1) is 0 Å². The molecule has 3 heterocycles. The fourth-order valence-corrected chi connectivity index (χ4v) is 3.34. The fourth-order valence-electron chi connectivity index (χ4n) is 2.46. The SMILES string of the molecule is Cn1cnnc1SCc1c(C(=O)NN=Cc2ccccc2O)nnn1-c1nonc1N. The number of nitrogens with zero attached hydrogens (tertiary/aromatic N) is 9. The average Bonchev–Trinajstić information content (AvgIpc) is 3.47. The second kappa shape index (κ2) is 8.62. The number of phenolic OH excluding ortho intramolecular Hbond substituents is 1. The van der Waals surface area contributed by atoms with Gasteiger partial charge in [0.1, 0.15) is 12.1 Å². The number of benzene rings is 1. The Morgan fingerprint density at radius 2 is 2.19 bits per heavy atom. The molecule has 1 aromatic carbocycles. The van der Waals surface area contributed by atoms with Gasteiger partial charge in [-0.25, -0.2) is 10.1 Å². The molecule has 0 aliphatic heterocycles. The maximum Gasteiger partial charge on any atom is 0.293 e. The molecule has 158 valence electrons. The number of amides is 1. The minimum atomic E-state index is -0.624. The van der Waals surface area contributed by atoms with Crippen LogP contribution in [0.2, 0.25) is 0 Å². The van der Waals surface area contributed by atoms with Crippen LogP contribution in [0.15, 0.2) is 45.5 Å². The number of thioether (sulfide) groups is 1. The number of nitrogen functional groups attached to an aromatic ring is 1. The molecule has 4 aromatic rings. The van der Waals surface area contributed by atoms with Crippen molar-refractivity contribution in [2.45, 2.75) is 10.9 Å². The Labute approximate surface area is 178 Å². The van der Waals surface area contributed by atoms with Gasteiger partial charge in [0.25, 0.3) is 5.91 Å². The van der Waals surface area contributed by atoms with Crippen LogP contribution < -0.4 is 11.2 Å². The smallest absolute Gasteiger partial charge is 0.293 e. The first kappa shape index (κ1) is 20.0. The van der Waals surface area contributed by atoms with E-state index >= 15 is 0 Å². The molecule has 0 unspecified atom stereocenters. The molecule has 1 amide bonds. The van der Waals surface area contributed by atoms with E-state index in [-0.39, 0.29) is 28.8 Å². The van der Waals surface area contributed by atoms with E-state index in [0.29, 0.717) is 16.4 Å². The molecule has 0 spiro atoms. The lowest BCUT2D eigenvalue weighted by atomic mass is 10.2. The quantitative estimate of drug-likeness (QED) is 0.201.